The molecule has 4 rings (SSSR count). The molecule has 250 valence electrons. The Bertz CT molecular complexity index is 1190. The lowest BCUT2D eigenvalue weighted by Crippen LogP contribution is -2.52. The first-order chi connectivity index (χ1) is 21.7. The van der Waals surface area contributed by atoms with Gasteiger partial charge in [-0.2, -0.15) is 0 Å². The van der Waals surface area contributed by atoms with Crippen molar-refractivity contribution in [1.29, 1.82) is 0 Å². The van der Waals surface area contributed by atoms with E-state index in [2.05, 4.69) is 71.8 Å². The smallest absolute Gasteiger partial charge is 0.217 e. The summed E-state index contributed by atoms with van der Waals surface area (Å²) in [5, 5.41) is 6.84. The van der Waals surface area contributed by atoms with Crippen LogP contribution < -0.4 is 20.3 Å². The van der Waals surface area contributed by atoms with E-state index in [1.54, 1.807) is 14.0 Å². The Balaban J connectivity index is 1.44. The highest BCUT2D eigenvalue weighted by molar-refractivity contribution is 5.73. The van der Waals surface area contributed by atoms with Gasteiger partial charge in [0.2, 0.25) is 5.91 Å². The quantitative estimate of drug-likeness (QED) is 0.232. The number of ether oxygens (including phenoxy) is 5. The van der Waals surface area contributed by atoms with Gasteiger partial charge in [-0.1, -0.05) is 30.3 Å². The van der Waals surface area contributed by atoms with Gasteiger partial charge in [0.05, 0.1) is 44.3 Å². The number of amides is 1. The third-order valence-electron chi connectivity index (χ3n) is 8.57. The molecular weight excluding hydrogens is 570 g/mol. The zero-order chi connectivity index (χ0) is 32.2. The predicted molar refractivity (Wildman–Crippen MR) is 178 cm³/mol. The van der Waals surface area contributed by atoms with Gasteiger partial charge in [0.1, 0.15) is 12.4 Å². The van der Waals surface area contributed by atoms with Crippen LogP contribution in [-0.2, 0) is 37.0 Å². The lowest BCUT2D eigenvalue weighted by atomic mass is 9.80. The number of methoxy groups -OCH3 is 1. The van der Waals surface area contributed by atoms with Crippen LogP contribution in [0.5, 0.6) is 5.75 Å². The molecule has 2 aromatic carbocycles. The summed E-state index contributed by atoms with van der Waals surface area (Å²) in [6, 6.07) is 15.4. The fourth-order valence-electron chi connectivity index (χ4n) is 6.57. The van der Waals surface area contributed by atoms with Gasteiger partial charge < -0.3 is 39.2 Å². The van der Waals surface area contributed by atoms with Gasteiger partial charge in [0, 0.05) is 57.8 Å². The zero-order valence-electron chi connectivity index (χ0n) is 28.2. The number of hydrogen-bond donors (Lipinski definition) is 2. The van der Waals surface area contributed by atoms with Crippen molar-refractivity contribution in [2.75, 3.05) is 58.1 Å². The number of carbonyl (C=O) groups is 1. The zero-order valence-corrected chi connectivity index (χ0v) is 28.2. The van der Waals surface area contributed by atoms with Gasteiger partial charge in [-0.05, 0) is 75.8 Å². The van der Waals surface area contributed by atoms with Crippen molar-refractivity contribution >= 4 is 11.6 Å². The van der Waals surface area contributed by atoms with Gasteiger partial charge >= 0.3 is 0 Å². The predicted octanol–water partition coefficient (Wildman–Crippen LogP) is 5.20. The van der Waals surface area contributed by atoms with E-state index >= 15 is 0 Å². The van der Waals surface area contributed by atoms with Gasteiger partial charge in [-0.3, -0.25) is 4.79 Å². The molecule has 1 amide bonds. The summed E-state index contributed by atoms with van der Waals surface area (Å²) in [7, 11) is 1.75. The highest BCUT2D eigenvalue weighted by Gasteiger charge is 2.35. The lowest BCUT2D eigenvalue weighted by Gasteiger charge is -2.40. The Kier molecular flexibility index (Phi) is 13.5. The maximum absolute atomic E-state index is 11.8. The molecule has 2 aliphatic rings. The number of anilines is 1. The molecular formula is C36H55N3O6. The van der Waals surface area contributed by atoms with Crippen molar-refractivity contribution in [3.8, 4) is 5.75 Å². The first kappa shape index (κ1) is 35.2. The molecule has 1 saturated heterocycles. The second-order valence-corrected chi connectivity index (χ2v) is 13.1. The first-order valence-electron chi connectivity index (χ1n) is 16.6. The van der Waals surface area contributed by atoms with E-state index in [4.69, 9.17) is 23.7 Å². The van der Waals surface area contributed by atoms with E-state index in [0.29, 0.717) is 33.0 Å². The number of fused-ring (bicyclic) bond motifs is 1. The van der Waals surface area contributed by atoms with Crippen molar-refractivity contribution < 1.29 is 28.5 Å². The molecule has 2 aliphatic heterocycles. The monoisotopic (exact) mass is 625 g/mol. The summed E-state index contributed by atoms with van der Waals surface area (Å²) in [6.45, 7) is 16.1. The summed E-state index contributed by atoms with van der Waals surface area (Å²) in [5.41, 5.74) is 4.37. The summed E-state index contributed by atoms with van der Waals surface area (Å²) >= 11 is 0. The molecule has 0 unspecified atom stereocenters. The molecule has 2 heterocycles. The molecule has 4 atom stereocenters. The van der Waals surface area contributed by atoms with Crippen LogP contribution in [0, 0.1) is 0 Å². The van der Waals surface area contributed by atoms with Crippen molar-refractivity contribution in [3.63, 3.8) is 0 Å². The van der Waals surface area contributed by atoms with Crippen LogP contribution in [0.3, 0.4) is 0 Å². The molecule has 1 fully saturated rings. The van der Waals surface area contributed by atoms with Crippen LogP contribution >= 0.6 is 0 Å². The highest BCUT2D eigenvalue weighted by Crippen LogP contribution is 2.35. The average Bonchev–Trinajstić information content (AvgIpc) is 3.00. The number of rotatable bonds is 17. The summed E-state index contributed by atoms with van der Waals surface area (Å²) in [4.78, 5) is 14.2. The molecule has 9 nitrogen and oxygen atoms in total. The molecule has 2 aromatic rings. The van der Waals surface area contributed by atoms with E-state index in [1.807, 2.05) is 13.8 Å². The minimum absolute atomic E-state index is 0.00404. The van der Waals surface area contributed by atoms with E-state index < -0.39 is 0 Å². The largest absolute Gasteiger partial charge is 0.490 e. The summed E-state index contributed by atoms with van der Waals surface area (Å²) in [6.07, 6.45) is 2.82. The van der Waals surface area contributed by atoms with Crippen LogP contribution in [0.25, 0.3) is 0 Å². The Hall–Kier alpha value is -2.69. The van der Waals surface area contributed by atoms with Gasteiger partial charge in [0.15, 0.2) is 0 Å². The molecule has 9 heteroatoms. The molecule has 0 saturated carbocycles. The number of nitrogens with zero attached hydrogens (tertiary/aromatic N) is 1. The van der Waals surface area contributed by atoms with Crippen molar-refractivity contribution in [1.82, 2.24) is 10.6 Å². The SMILES string of the molecule is CCO[C@H](C)COCc1ccc([C@H]2C[C@H](CC(C)(C)NC(C)=O)NC[C@@H]2OCc2ccc3c(c2)N(CCCOC)CCO3)cc1. The fraction of sp³-hybridized carbons (Fsp3) is 0.639. The molecule has 0 aliphatic carbocycles. The Morgan fingerprint density at radius 3 is 2.67 bits per heavy atom. The van der Waals surface area contributed by atoms with E-state index in [9.17, 15) is 4.79 Å². The van der Waals surface area contributed by atoms with Crippen molar-refractivity contribution in [3.05, 3.63) is 59.2 Å². The van der Waals surface area contributed by atoms with Gasteiger partial charge in [-0.15, -0.1) is 0 Å². The van der Waals surface area contributed by atoms with Crippen molar-refractivity contribution in [2.24, 2.45) is 0 Å². The minimum Gasteiger partial charge on any atom is -0.490 e. The Morgan fingerprint density at radius 1 is 1.16 bits per heavy atom. The number of benzene rings is 2. The van der Waals surface area contributed by atoms with E-state index in [0.717, 1.165) is 68.1 Å². The third kappa shape index (κ3) is 11.0. The van der Waals surface area contributed by atoms with Crippen LogP contribution in [0.4, 0.5) is 5.69 Å². The van der Waals surface area contributed by atoms with Crippen LogP contribution in [-0.4, -0.2) is 82.9 Å². The average molecular weight is 626 g/mol. The first-order valence-corrected chi connectivity index (χ1v) is 16.6. The second-order valence-electron chi connectivity index (χ2n) is 13.1. The molecule has 0 spiro atoms. The topological polar surface area (TPSA) is 90.5 Å². The summed E-state index contributed by atoms with van der Waals surface area (Å²) in [5.74, 6) is 1.14. The number of carbonyl (C=O) groups excluding carboxylic acids is 1. The van der Waals surface area contributed by atoms with E-state index in [1.165, 1.54) is 5.56 Å². The van der Waals surface area contributed by atoms with E-state index in [-0.39, 0.29) is 35.6 Å². The molecule has 0 radical (unpaired) electrons. The van der Waals surface area contributed by atoms with Crippen LogP contribution in [0.1, 0.15) is 76.5 Å². The standard InChI is InChI=1S/C36H55N3O6/c1-7-43-26(2)23-42-24-28-9-12-30(13-10-28)32-20-31(21-36(4,5)38-27(3)40)37-22-35(32)45-25-29-11-14-34-33(19-29)39(16-18-44-34)15-8-17-41-6/h9-14,19,26,31-32,35,37H,7-8,15-18,20-25H2,1-6H3,(H,38,40)/t26-,31-,32-,35+/m1/s1. The van der Waals surface area contributed by atoms with Gasteiger partial charge in [0.25, 0.3) is 0 Å². The van der Waals surface area contributed by atoms with Crippen molar-refractivity contribution in [2.45, 2.75) is 96.8 Å². The number of nitrogens with one attached hydrogen (secondary N) is 2. The fourth-order valence-corrected chi connectivity index (χ4v) is 6.57. The number of piperidine rings is 1. The van der Waals surface area contributed by atoms with Gasteiger partial charge in [-0.25, -0.2) is 0 Å². The Morgan fingerprint density at radius 2 is 1.93 bits per heavy atom. The minimum atomic E-state index is -0.304. The second kappa shape index (κ2) is 17.3. The maximum atomic E-state index is 11.8. The summed E-state index contributed by atoms with van der Waals surface area (Å²) < 4.78 is 29.4. The maximum Gasteiger partial charge on any atom is 0.217 e. The Labute approximate surface area is 270 Å². The molecule has 0 bridgehead atoms. The molecule has 0 aromatic heterocycles. The van der Waals surface area contributed by atoms with Crippen LogP contribution in [0.15, 0.2) is 42.5 Å². The number of hydrogen-bond acceptors (Lipinski definition) is 8. The highest BCUT2D eigenvalue weighted by atomic mass is 16.5. The lowest BCUT2D eigenvalue weighted by molar-refractivity contribution is -0.120. The molecule has 2 N–H and O–H groups in total. The third-order valence-corrected chi connectivity index (χ3v) is 8.57. The van der Waals surface area contributed by atoms with Crippen LogP contribution in [0.2, 0.25) is 0 Å². The molecule has 45 heavy (non-hydrogen) atoms. The normalized spacial score (nSPS) is 20.8.